The van der Waals surface area contributed by atoms with Crippen LogP contribution in [0.5, 0.6) is 0 Å². The lowest BCUT2D eigenvalue weighted by Gasteiger charge is -2.26. The average Bonchev–Trinajstić information content (AvgIpc) is 2.53. The van der Waals surface area contributed by atoms with Crippen molar-refractivity contribution in [3.05, 3.63) is 28.8 Å². The average molecular weight is 270 g/mol. The first kappa shape index (κ1) is 13.2. The SMILES string of the molecule is CC1CN(c2c(Cl)cccc2C(=O)O)CCCO1. The van der Waals surface area contributed by atoms with Crippen LogP contribution in [0.25, 0.3) is 0 Å². The summed E-state index contributed by atoms with van der Waals surface area (Å²) < 4.78 is 5.56. The molecular formula is C13H16ClNO3. The van der Waals surface area contributed by atoms with Gasteiger partial charge in [-0.25, -0.2) is 4.79 Å². The summed E-state index contributed by atoms with van der Waals surface area (Å²) in [6.07, 6.45) is 0.944. The molecule has 0 saturated carbocycles. The van der Waals surface area contributed by atoms with E-state index in [0.717, 1.165) is 13.0 Å². The molecule has 0 aromatic heterocycles. The summed E-state index contributed by atoms with van der Waals surface area (Å²) in [6.45, 7) is 4.10. The molecule has 1 fully saturated rings. The first-order valence-corrected chi connectivity index (χ1v) is 6.35. The lowest BCUT2D eigenvalue weighted by Crippen LogP contribution is -2.31. The Kier molecular flexibility index (Phi) is 4.09. The maximum Gasteiger partial charge on any atom is 0.337 e. The third kappa shape index (κ3) is 2.76. The van der Waals surface area contributed by atoms with Crippen LogP contribution in [0.3, 0.4) is 0 Å². The Labute approximate surface area is 111 Å². The quantitative estimate of drug-likeness (QED) is 0.897. The fourth-order valence-electron chi connectivity index (χ4n) is 2.21. The molecule has 1 aliphatic rings. The molecular weight excluding hydrogens is 254 g/mol. The van der Waals surface area contributed by atoms with Crippen LogP contribution in [0.15, 0.2) is 18.2 Å². The molecule has 1 aromatic rings. The van der Waals surface area contributed by atoms with Gasteiger partial charge in [0.25, 0.3) is 0 Å². The normalized spacial score (nSPS) is 20.6. The van der Waals surface area contributed by atoms with Crippen molar-refractivity contribution in [1.29, 1.82) is 0 Å². The van der Waals surface area contributed by atoms with E-state index >= 15 is 0 Å². The Bertz CT molecular complexity index is 450. The van der Waals surface area contributed by atoms with Gasteiger partial charge in [0, 0.05) is 19.7 Å². The minimum absolute atomic E-state index is 0.0745. The second-order valence-corrected chi connectivity index (χ2v) is 4.83. The predicted octanol–water partition coefficient (Wildman–Crippen LogP) is 2.65. The predicted molar refractivity (Wildman–Crippen MR) is 70.7 cm³/mol. The maximum absolute atomic E-state index is 11.3. The summed E-state index contributed by atoms with van der Waals surface area (Å²) in [7, 11) is 0. The maximum atomic E-state index is 11.3. The van der Waals surface area contributed by atoms with E-state index in [4.69, 9.17) is 16.3 Å². The number of hydrogen-bond donors (Lipinski definition) is 1. The zero-order chi connectivity index (χ0) is 13.1. The van der Waals surface area contributed by atoms with Crippen LogP contribution >= 0.6 is 11.6 Å². The minimum atomic E-state index is -0.953. The fourth-order valence-corrected chi connectivity index (χ4v) is 2.50. The van der Waals surface area contributed by atoms with Crippen molar-refractivity contribution in [2.75, 3.05) is 24.6 Å². The van der Waals surface area contributed by atoms with Gasteiger partial charge in [-0.15, -0.1) is 0 Å². The molecule has 5 heteroatoms. The number of anilines is 1. The van der Waals surface area contributed by atoms with Gasteiger partial charge in [0.1, 0.15) is 0 Å². The Morgan fingerprint density at radius 2 is 2.33 bits per heavy atom. The lowest BCUT2D eigenvalue weighted by atomic mass is 10.1. The number of ether oxygens (including phenoxy) is 1. The second-order valence-electron chi connectivity index (χ2n) is 4.42. The molecule has 98 valence electrons. The highest BCUT2D eigenvalue weighted by Crippen LogP contribution is 2.31. The molecule has 1 aromatic carbocycles. The third-order valence-corrected chi connectivity index (χ3v) is 3.29. The summed E-state index contributed by atoms with van der Waals surface area (Å²) in [5, 5.41) is 9.72. The molecule has 1 atom stereocenters. The molecule has 1 aliphatic heterocycles. The van der Waals surface area contributed by atoms with Crippen LogP contribution in [0.4, 0.5) is 5.69 Å². The number of carbonyl (C=O) groups is 1. The number of aromatic carboxylic acids is 1. The van der Waals surface area contributed by atoms with Crippen molar-refractivity contribution in [1.82, 2.24) is 0 Å². The molecule has 1 unspecified atom stereocenters. The van der Waals surface area contributed by atoms with Crippen molar-refractivity contribution in [2.24, 2.45) is 0 Å². The Hall–Kier alpha value is -1.26. The summed E-state index contributed by atoms with van der Waals surface area (Å²) in [5.41, 5.74) is 0.848. The molecule has 1 saturated heterocycles. The molecule has 4 nitrogen and oxygen atoms in total. The summed E-state index contributed by atoms with van der Waals surface area (Å²) >= 11 is 6.16. The molecule has 18 heavy (non-hydrogen) atoms. The van der Waals surface area contributed by atoms with Crippen LogP contribution in [0.1, 0.15) is 23.7 Å². The molecule has 0 aliphatic carbocycles. The fraction of sp³-hybridized carbons (Fsp3) is 0.462. The van der Waals surface area contributed by atoms with E-state index in [1.54, 1.807) is 18.2 Å². The topological polar surface area (TPSA) is 49.8 Å². The van der Waals surface area contributed by atoms with Gasteiger partial charge in [0.2, 0.25) is 0 Å². The Balaban J connectivity index is 2.39. The standard InChI is InChI=1S/C13H16ClNO3/c1-9-8-15(6-3-7-18-9)12-10(13(16)17)4-2-5-11(12)14/h2,4-5,9H,3,6-8H2,1H3,(H,16,17). The third-order valence-electron chi connectivity index (χ3n) is 2.99. The van der Waals surface area contributed by atoms with Gasteiger partial charge in [0.05, 0.1) is 22.4 Å². The largest absolute Gasteiger partial charge is 0.478 e. The number of halogens is 1. The van der Waals surface area contributed by atoms with Gasteiger partial charge in [-0.3, -0.25) is 0 Å². The zero-order valence-electron chi connectivity index (χ0n) is 10.2. The molecule has 0 bridgehead atoms. The van der Waals surface area contributed by atoms with E-state index in [-0.39, 0.29) is 11.7 Å². The van der Waals surface area contributed by atoms with Gasteiger partial charge in [-0.2, -0.15) is 0 Å². The van der Waals surface area contributed by atoms with Crippen molar-refractivity contribution in [2.45, 2.75) is 19.4 Å². The molecule has 1 heterocycles. The molecule has 0 spiro atoms. The van der Waals surface area contributed by atoms with Gasteiger partial charge < -0.3 is 14.7 Å². The highest BCUT2D eigenvalue weighted by Gasteiger charge is 2.22. The summed E-state index contributed by atoms with van der Waals surface area (Å²) in [6, 6.07) is 4.97. The van der Waals surface area contributed by atoms with E-state index in [2.05, 4.69) is 0 Å². The van der Waals surface area contributed by atoms with Crippen molar-refractivity contribution >= 4 is 23.3 Å². The minimum Gasteiger partial charge on any atom is -0.478 e. The first-order chi connectivity index (χ1) is 8.59. The van der Waals surface area contributed by atoms with Crippen LogP contribution in [-0.4, -0.2) is 36.9 Å². The van der Waals surface area contributed by atoms with Crippen molar-refractivity contribution in [3.8, 4) is 0 Å². The van der Waals surface area contributed by atoms with Crippen molar-refractivity contribution in [3.63, 3.8) is 0 Å². The van der Waals surface area contributed by atoms with Gasteiger partial charge in [-0.1, -0.05) is 17.7 Å². The van der Waals surface area contributed by atoms with E-state index in [0.29, 0.717) is 23.9 Å². The number of carboxylic acids is 1. The summed E-state index contributed by atoms with van der Waals surface area (Å²) in [4.78, 5) is 13.3. The van der Waals surface area contributed by atoms with Gasteiger partial charge >= 0.3 is 5.97 Å². The van der Waals surface area contributed by atoms with Crippen LogP contribution in [-0.2, 0) is 4.74 Å². The molecule has 2 rings (SSSR count). The molecule has 1 N–H and O–H groups in total. The smallest absolute Gasteiger partial charge is 0.337 e. The molecule has 0 radical (unpaired) electrons. The van der Waals surface area contributed by atoms with E-state index < -0.39 is 5.97 Å². The van der Waals surface area contributed by atoms with E-state index in [9.17, 15) is 9.90 Å². The van der Waals surface area contributed by atoms with E-state index in [1.165, 1.54) is 0 Å². The van der Waals surface area contributed by atoms with Crippen LogP contribution in [0, 0.1) is 0 Å². The number of hydrogen-bond acceptors (Lipinski definition) is 3. The number of carboxylic acid groups (broad SMARTS) is 1. The van der Waals surface area contributed by atoms with E-state index in [1.807, 2.05) is 11.8 Å². The Morgan fingerprint density at radius 1 is 1.56 bits per heavy atom. The first-order valence-electron chi connectivity index (χ1n) is 5.98. The van der Waals surface area contributed by atoms with Gasteiger partial charge in [-0.05, 0) is 25.5 Å². The second kappa shape index (κ2) is 5.59. The van der Waals surface area contributed by atoms with Crippen LogP contribution < -0.4 is 4.90 Å². The zero-order valence-corrected chi connectivity index (χ0v) is 11.0. The number of nitrogens with zero attached hydrogens (tertiary/aromatic N) is 1. The summed E-state index contributed by atoms with van der Waals surface area (Å²) in [5.74, 6) is -0.953. The highest BCUT2D eigenvalue weighted by molar-refractivity contribution is 6.34. The number of rotatable bonds is 2. The number of benzene rings is 1. The highest BCUT2D eigenvalue weighted by atomic mass is 35.5. The monoisotopic (exact) mass is 269 g/mol. The van der Waals surface area contributed by atoms with Crippen LogP contribution in [0.2, 0.25) is 5.02 Å². The Morgan fingerprint density at radius 3 is 3.06 bits per heavy atom. The molecule has 0 amide bonds. The lowest BCUT2D eigenvalue weighted by molar-refractivity contribution is 0.0696. The van der Waals surface area contributed by atoms with Gasteiger partial charge in [0.15, 0.2) is 0 Å². The van der Waals surface area contributed by atoms with Crippen molar-refractivity contribution < 1.29 is 14.6 Å². The number of para-hydroxylation sites is 1.